The van der Waals surface area contributed by atoms with E-state index in [1.807, 2.05) is 25.1 Å². The molecule has 1 heterocycles. The summed E-state index contributed by atoms with van der Waals surface area (Å²) in [5, 5.41) is 7.63. The highest BCUT2D eigenvalue weighted by Gasteiger charge is 2.02. The van der Waals surface area contributed by atoms with Gasteiger partial charge in [-0.1, -0.05) is 0 Å². The number of ether oxygens (including phenoxy) is 1. The number of hydrogen-bond acceptors (Lipinski definition) is 3. The largest absolute Gasteiger partial charge is 0.494 e. The molecule has 0 fully saturated rings. The lowest BCUT2D eigenvalue weighted by atomic mass is 10.2. The van der Waals surface area contributed by atoms with Gasteiger partial charge in [-0.3, -0.25) is 5.10 Å². The van der Waals surface area contributed by atoms with E-state index in [9.17, 15) is 0 Å². The van der Waals surface area contributed by atoms with Crippen molar-refractivity contribution in [2.75, 3.05) is 12.3 Å². The van der Waals surface area contributed by atoms with Crippen molar-refractivity contribution in [1.29, 1.82) is 0 Å². The van der Waals surface area contributed by atoms with Crippen LogP contribution in [0.2, 0.25) is 0 Å². The maximum Gasteiger partial charge on any atom is 0.153 e. The Balaban J connectivity index is 2.53. The Hall–Kier alpha value is -1.71. The van der Waals surface area contributed by atoms with Gasteiger partial charge in [0.2, 0.25) is 0 Å². The molecule has 0 saturated carbocycles. The van der Waals surface area contributed by atoms with Crippen LogP contribution in [0.5, 0.6) is 5.75 Å². The van der Waals surface area contributed by atoms with Gasteiger partial charge in [0.1, 0.15) is 5.75 Å². The topological polar surface area (TPSA) is 63.9 Å². The number of anilines is 1. The summed E-state index contributed by atoms with van der Waals surface area (Å²) in [7, 11) is 0. The fourth-order valence-electron chi connectivity index (χ4n) is 1.27. The van der Waals surface area contributed by atoms with Crippen LogP contribution in [-0.2, 0) is 0 Å². The molecule has 1 aromatic heterocycles. The highest BCUT2D eigenvalue weighted by atomic mass is 16.5. The molecule has 0 aliphatic heterocycles. The van der Waals surface area contributed by atoms with Crippen LogP contribution in [0, 0.1) is 0 Å². The smallest absolute Gasteiger partial charge is 0.153 e. The zero-order chi connectivity index (χ0) is 9.26. The highest BCUT2D eigenvalue weighted by Crippen LogP contribution is 2.22. The summed E-state index contributed by atoms with van der Waals surface area (Å²) < 4.78 is 5.34. The predicted molar refractivity (Wildman–Crippen MR) is 51.7 cm³/mol. The van der Waals surface area contributed by atoms with Crippen molar-refractivity contribution in [2.24, 2.45) is 0 Å². The van der Waals surface area contributed by atoms with Crippen LogP contribution in [0.1, 0.15) is 6.92 Å². The fourth-order valence-corrected chi connectivity index (χ4v) is 1.27. The zero-order valence-electron chi connectivity index (χ0n) is 7.37. The van der Waals surface area contributed by atoms with E-state index in [-0.39, 0.29) is 0 Å². The van der Waals surface area contributed by atoms with Crippen molar-refractivity contribution in [3.05, 3.63) is 18.2 Å². The first-order valence-corrected chi connectivity index (χ1v) is 4.17. The molecule has 0 unspecified atom stereocenters. The van der Waals surface area contributed by atoms with E-state index < -0.39 is 0 Å². The third-order valence-electron chi connectivity index (χ3n) is 1.87. The van der Waals surface area contributed by atoms with Gasteiger partial charge in [-0.05, 0) is 25.1 Å². The first kappa shape index (κ1) is 7.91. The average Bonchev–Trinajstić information content (AvgIpc) is 2.49. The van der Waals surface area contributed by atoms with Crippen molar-refractivity contribution >= 4 is 16.7 Å². The molecule has 3 N–H and O–H groups in total. The molecule has 0 bridgehead atoms. The number of benzene rings is 1. The molecule has 0 radical (unpaired) electrons. The Bertz CT molecular complexity index is 422. The van der Waals surface area contributed by atoms with Gasteiger partial charge in [-0.25, -0.2) is 0 Å². The molecule has 0 amide bonds. The molecular weight excluding hydrogens is 166 g/mol. The molecule has 4 heteroatoms. The number of rotatable bonds is 2. The molecule has 2 aromatic rings. The van der Waals surface area contributed by atoms with Crippen LogP contribution in [0.15, 0.2) is 18.2 Å². The number of nitrogen functional groups attached to an aromatic ring is 1. The molecule has 68 valence electrons. The van der Waals surface area contributed by atoms with Gasteiger partial charge < -0.3 is 10.5 Å². The van der Waals surface area contributed by atoms with Gasteiger partial charge >= 0.3 is 0 Å². The molecular formula is C9H11N3O. The number of fused-ring (bicyclic) bond motifs is 1. The van der Waals surface area contributed by atoms with Crippen molar-refractivity contribution in [2.45, 2.75) is 6.92 Å². The number of hydrogen-bond donors (Lipinski definition) is 2. The lowest BCUT2D eigenvalue weighted by molar-refractivity contribution is 0.341. The number of aromatic nitrogens is 2. The summed E-state index contributed by atoms with van der Waals surface area (Å²) in [4.78, 5) is 0. The quantitative estimate of drug-likeness (QED) is 0.731. The van der Waals surface area contributed by atoms with Crippen molar-refractivity contribution < 1.29 is 4.74 Å². The van der Waals surface area contributed by atoms with Crippen molar-refractivity contribution in [3.8, 4) is 5.75 Å². The number of H-pyrrole nitrogens is 1. The van der Waals surface area contributed by atoms with Crippen LogP contribution in [0.25, 0.3) is 10.9 Å². The molecule has 0 aliphatic carbocycles. The Morgan fingerprint density at radius 1 is 1.54 bits per heavy atom. The van der Waals surface area contributed by atoms with Gasteiger partial charge in [0, 0.05) is 5.39 Å². The van der Waals surface area contributed by atoms with Crippen molar-refractivity contribution in [1.82, 2.24) is 10.2 Å². The number of aromatic amines is 1. The van der Waals surface area contributed by atoms with Crippen LogP contribution in [-0.4, -0.2) is 16.8 Å². The Labute approximate surface area is 75.7 Å². The van der Waals surface area contributed by atoms with E-state index in [1.165, 1.54) is 0 Å². The normalized spacial score (nSPS) is 10.5. The summed E-state index contributed by atoms with van der Waals surface area (Å²) in [6.07, 6.45) is 0. The SMILES string of the molecule is CCOc1ccc2[nH]nc(N)c2c1. The second-order valence-electron chi connectivity index (χ2n) is 2.75. The predicted octanol–water partition coefficient (Wildman–Crippen LogP) is 1.54. The summed E-state index contributed by atoms with van der Waals surface area (Å²) in [6.45, 7) is 2.60. The fraction of sp³-hybridized carbons (Fsp3) is 0.222. The van der Waals surface area contributed by atoms with Crippen LogP contribution < -0.4 is 10.5 Å². The number of nitrogens with two attached hydrogens (primary N) is 1. The standard InChI is InChI=1S/C9H11N3O/c1-2-13-6-3-4-8-7(5-6)9(10)12-11-8/h3-5H,2H2,1H3,(H3,10,11,12). The summed E-state index contributed by atoms with van der Waals surface area (Å²) in [6, 6.07) is 5.69. The third-order valence-corrected chi connectivity index (χ3v) is 1.87. The average molecular weight is 177 g/mol. The first-order chi connectivity index (χ1) is 6.31. The molecule has 0 spiro atoms. The summed E-state index contributed by atoms with van der Waals surface area (Å²) >= 11 is 0. The molecule has 4 nitrogen and oxygen atoms in total. The minimum Gasteiger partial charge on any atom is -0.494 e. The molecule has 0 atom stereocenters. The van der Waals surface area contributed by atoms with E-state index in [2.05, 4.69) is 10.2 Å². The second kappa shape index (κ2) is 2.97. The molecule has 0 aliphatic rings. The van der Waals surface area contributed by atoms with E-state index in [4.69, 9.17) is 10.5 Å². The van der Waals surface area contributed by atoms with Crippen molar-refractivity contribution in [3.63, 3.8) is 0 Å². The van der Waals surface area contributed by atoms with E-state index in [1.54, 1.807) is 0 Å². The van der Waals surface area contributed by atoms with Gasteiger partial charge in [0.15, 0.2) is 5.82 Å². The van der Waals surface area contributed by atoms with E-state index in [0.29, 0.717) is 12.4 Å². The molecule has 0 saturated heterocycles. The Morgan fingerprint density at radius 3 is 3.15 bits per heavy atom. The summed E-state index contributed by atoms with van der Waals surface area (Å²) in [5.41, 5.74) is 6.57. The monoisotopic (exact) mass is 177 g/mol. The Kier molecular flexibility index (Phi) is 1.81. The van der Waals surface area contributed by atoms with Crippen LogP contribution >= 0.6 is 0 Å². The number of nitrogens with one attached hydrogen (secondary N) is 1. The van der Waals surface area contributed by atoms with E-state index in [0.717, 1.165) is 16.7 Å². The maximum atomic E-state index is 5.64. The minimum absolute atomic E-state index is 0.511. The van der Waals surface area contributed by atoms with Crippen LogP contribution in [0.3, 0.4) is 0 Å². The number of nitrogens with zero attached hydrogens (tertiary/aromatic N) is 1. The molecule has 2 rings (SSSR count). The molecule has 13 heavy (non-hydrogen) atoms. The molecule has 1 aromatic carbocycles. The first-order valence-electron chi connectivity index (χ1n) is 4.17. The van der Waals surface area contributed by atoms with Gasteiger partial charge in [0.25, 0.3) is 0 Å². The van der Waals surface area contributed by atoms with Gasteiger partial charge in [0.05, 0.1) is 12.1 Å². The van der Waals surface area contributed by atoms with Gasteiger partial charge in [-0.15, -0.1) is 0 Å². The lowest BCUT2D eigenvalue weighted by Gasteiger charge is -2.01. The third kappa shape index (κ3) is 1.30. The highest BCUT2D eigenvalue weighted by molar-refractivity contribution is 5.89. The lowest BCUT2D eigenvalue weighted by Crippen LogP contribution is -1.91. The minimum atomic E-state index is 0.511. The summed E-state index contributed by atoms with van der Waals surface area (Å²) in [5.74, 6) is 1.33. The van der Waals surface area contributed by atoms with Gasteiger partial charge in [-0.2, -0.15) is 5.10 Å². The Morgan fingerprint density at radius 2 is 2.38 bits per heavy atom. The maximum absolute atomic E-state index is 5.64. The van der Waals surface area contributed by atoms with Crippen LogP contribution in [0.4, 0.5) is 5.82 Å². The van der Waals surface area contributed by atoms with E-state index >= 15 is 0 Å². The second-order valence-corrected chi connectivity index (χ2v) is 2.75. The zero-order valence-corrected chi connectivity index (χ0v) is 7.37.